The van der Waals surface area contributed by atoms with Gasteiger partial charge in [-0.25, -0.2) is 4.79 Å². The van der Waals surface area contributed by atoms with E-state index < -0.39 is 30.6 Å². The number of anilines is 1. The van der Waals surface area contributed by atoms with Crippen molar-refractivity contribution >= 4 is 28.8 Å². The Kier molecular flexibility index (Phi) is 6.61. The van der Waals surface area contributed by atoms with Crippen molar-refractivity contribution in [3.63, 3.8) is 0 Å². The van der Waals surface area contributed by atoms with E-state index in [2.05, 4.69) is 39.5 Å². The Labute approximate surface area is 167 Å². The first-order valence-corrected chi connectivity index (χ1v) is 9.98. The number of rotatable bonds is 6. The van der Waals surface area contributed by atoms with Crippen LogP contribution >= 0.6 is 11.3 Å². The maximum absolute atomic E-state index is 12.4. The lowest BCUT2D eigenvalue weighted by atomic mass is 10.1. The summed E-state index contributed by atoms with van der Waals surface area (Å²) in [4.78, 5) is 33.1. The van der Waals surface area contributed by atoms with Crippen LogP contribution in [0.25, 0.3) is 10.4 Å². The zero-order valence-corrected chi connectivity index (χ0v) is 16.4. The lowest BCUT2D eigenvalue weighted by Crippen LogP contribution is -2.57. The number of benzene rings is 1. The van der Waals surface area contributed by atoms with Crippen LogP contribution in [-0.2, 0) is 4.79 Å². The van der Waals surface area contributed by atoms with Crippen LogP contribution in [0.4, 0.5) is 10.5 Å². The fraction of sp³-hybridized carbons (Fsp3) is 0.421. The first-order chi connectivity index (χ1) is 13.5. The number of amides is 2. The molecule has 3 N–H and O–H groups in total. The molecule has 9 heteroatoms. The number of aliphatic hydroxyl groups excluding tert-OH is 2. The predicted molar refractivity (Wildman–Crippen MR) is 107 cm³/mol. The standard InChI is InChI=1S/C19H24N4O4S/c1-13(25)18(16(26)11-24)21-19(27)23-8-6-22(7-9-23)15-4-2-14(3-5-15)17-10-20-12-28-17/h2-5,10,12-13,18,24-25H,6-9,11H2,1H3,(H,21,27)/t13-,18+/m0/s1. The molecule has 0 saturated carbocycles. The summed E-state index contributed by atoms with van der Waals surface area (Å²) in [6, 6.07) is 6.75. The summed E-state index contributed by atoms with van der Waals surface area (Å²) in [5, 5.41) is 21.2. The fourth-order valence-corrected chi connectivity index (χ4v) is 3.78. The molecule has 28 heavy (non-hydrogen) atoms. The summed E-state index contributed by atoms with van der Waals surface area (Å²) in [6.45, 7) is 3.03. The topological polar surface area (TPSA) is 106 Å². The van der Waals surface area contributed by atoms with Crippen molar-refractivity contribution in [2.45, 2.75) is 19.1 Å². The van der Waals surface area contributed by atoms with Crippen molar-refractivity contribution in [2.75, 3.05) is 37.7 Å². The van der Waals surface area contributed by atoms with Crippen LogP contribution in [0.15, 0.2) is 36.0 Å². The molecule has 1 aromatic heterocycles. The Morgan fingerprint density at radius 1 is 1.21 bits per heavy atom. The molecule has 0 spiro atoms. The number of Topliss-reactive ketones (excluding diaryl/α,β-unsaturated/α-hetero) is 1. The number of hydrogen-bond acceptors (Lipinski definition) is 7. The van der Waals surface area contributed by atoms with E-state index in [1.54, 1.807) is 16.2 Å². The van der Waals surface area contributed by atoms with Gasteiger partial charge in [0.2, 0.25) is 0 Å². The van der Waals surface area contributed by atoms with Gasteiger partial charge >= 0.3 is 6.03 Å². The van der Waals surface area contributed by atoms with Crippen molar-refractivity contribution < 1.29 is 19.8 Å². The number of ketones is 1. The van der Waals surface area contributed by atoms with Gasteiger partial charge in [-0.15, -0.1) is 11.3 Å². The van der Waals surface area contributed by atoms with Crippen LogP contribution in [0.5, 0.6) is 0 Å². The molecule has 2 amide bonds. The molecule has 1 aliphatic rings. The van der Waals surface area contributed by atoms with Crippen LogP contribution in [0, 0.1) is 0 Å². The van der Waals surface area contributed by atoms with Crippen molar-refractivity contribution in [3.8, 4) is 10.4 Å². The largest absolute Gasteiger partial charge is 0.391 e. The van der Waals surface area contributed by atoms with Gasteiger partial charge in [-0.2, -0.15) is 0 Å². The third-order valence-corrected chi connectivity index (χ3v) is 5.60. The molecule has 2 heterocycles. The van der Waals surface area contributed by atoms with Crippen molar-refractivity contribution in [3.05, 3.63) is 36.0 Å². The van der Waals surface area contributed by atoms with Crippen molar-refractivity contribution in [1.82, 2.24) is 15.2 Å². The average Bonchev–Trinajstić information content (AvgIpc) is 3.26. The molecule has 2 aromatic rings. The maximum Gasteiger partial charge on any atom is 0.318 e. The van der Waals surface area contributed by atoms with Crippen LogP contribution in [-0.4, -0.2) is 76.8 Å². The smallest absolute Gasteiger partial charge is 0.318 e. The lowest BCUT2D eigenvalue weighted by Gasteiger charge is -2.36. The molecule has 1 fully saturated rings. The molecular weight excluding hydrogens is 380 g/mol. The van der Waals surface area contributed by atoms with Crippen LogP contribution in [0.1, 0.15) is 6.92 Å². The van der Waals surface area contributed by atoms with E-state index in [9.17, 15) is 14.7 Å². The van der Waals surface area contributed by atoms with Gasteiger partial charge in [0.15, 0.2) is 5.78 Å². The Bertz CT molecular complexity index is 787. The van der Waals surface area contributed by atoms with Gasteiger partial charge in [0.25, 0.3) is 0 Å². The molecule has 3 rings (SSSR count). The van der Waals surface area contributed by atoms with E-state index in [-0.39, 0.29) is 0 Å². The molecule has 0 bridgehead atoms. The monoisotopic (exact) mass is 404 g/mol. The molecule has 1 aromatic carbocycles. The molecule has 1 saturated heterocycles. The third kappa shape index (κ3) is 4.67. The highest BCUT2D eigenvalue weighted by molar-refractivity contribution is 7.13. The molecule has 0 aliphatic carbocycles. The summed E-state index contributed by atoms with van der Waals surface area (Å²) < 4.78 is 0. The van der Waals surface area contributed by atoms with E-state index in [1.165, 1.54) is 6.92 Å². The quantitative estimate of drug-likeness (QED) is 0.662. The second-order valence-electron chi connectivity index (χ2n) is 6.68. The highest BCUT2D eigenvalue weighted by atomic mass is 32.1. The fourth-order valence-electron chi connectivity index (χ4n) is 3.16. The second kappa shape index (κ2) is 9.13. The van der Waals surface area contributed by atoms with Gasteiger partial charge in [0.05, 0.1) is 16.5 Å². The average molecular weight is 404 g/mol. The number of carbonyl (C=O) groups excluding carboxylic acids is 2. The first kappa shape index (κ1) is 20.2. The number of aromatic nitrogens is 1. The molecule has 1 aliphatic heterocycles. The van der Waals surface area contributed by atoms with Gasteiger partial charge in [-0.05, 0) is 24.6 Å². The Balaban J connectivity index is 1.55. The Morgan fingerprint density at radius 3 is 2.43 bits per heavy atom. The number of urea groups is 1. The minimum absolute atomic E-state index is 0.409. The summed E-state index contributed by atoms with van der Waals surface area (Å²) in [5.74, 6) is -0.608. The number of thiazole rings is 1. The van der Waals surface area contributed by atoms with Crippen molar-refractivity contribution in [2.24, 2.45) is 0 Å². The zero-order chi connectivity index (χ0) is 20.1. The number of carbonyl (C=O) groups is 2. The molecular formula is C19H24N4O4S. The minimum Gasteiger partial charge on any atom is -0.391 e. The SMILES string of the molecule is C[C@H](O)[C@@H](NC(=O)N1CCN(c2ccc(-c3cncs3)cc2)CC1)C(=O)CO. The van der Waals surface area contributed by atoms with Crippen molar-refractivity contribution in [1.29, 1.82) is 0 Å². The first-order valence-electron chi connectivity index (χ1n) is 9.10. The normalized spacial score (nSPS) is 16.5. The Hall–Kier alpha value is -2.49. The summed E-state index contributed by atoms with van der Waals surface area (Å²) >= 11 is 1.60. The van der Waals surface area contributed by atoms with Gasteiger partial charge in [-0.3, -0.25) is 9.78 Å². The third-order valence-electron chi connectivity index (χ3n) is 4.78. The van der Waals surface area contributed by atoms with Crippen LogP contribution in [0.3, 0.4) is 0 Å². The minimum atomic E-state index is -1.10. The molecule has 150 valence electrons. The summed E-state index contributed by atoms with van der Waals surface area (Å²) in [6.07, 6.45) is 0.779. The molecule has 0 unspecified atom stereocenters. The van der Waals surface area contributed by atoms with E-state index in [1.807, 2.05) is 11.7 Å². The number of aliphatic hydroxyl groups is 2. The second-order valence-corrected chi connectivity index (χ2v) is 7.57. The van der Waals surface area contributed by atoms with Crippen LogP contribution in [0.2, 0.25) is 0 Å². The van der Waals surface area contributed by atoms with E-state index in [0.29, 0.717) is 26.2 Å². The highest BCUT2D eigenvalue weighted by Gasteiger charge is 2.28. The summed E-state index contributed by atoms with van der Waals surface area (Å²) in [5.41, 5.74) is 4.02. The van der Waals surface area contributed by atoms with E-state index in [0.717, 1.165) is 16.1 Å². The van der Waals surface area contributed by atoms with E-state index in [4.69, 9.17) is 5.11 Å². The Morgan fingerprint density at radius 2 is 1.89 bits per heavy atom. The molecule has 8 nitrogen and oxygen atoms in total. The number of nitrogens with zero attached hydrogens (tertiary/aromatic N) is 3. The number of hydrogen-bond donors (Lipinski definition) is 3. The van der Waals surface area contributed by atoms with Gasteiger partial charge in [0.1, 0.15) is 12.6 Å². The van der Waals surface area contributed by atoms with Gasteiger partial charge in [0, 0.05) is 38.1 Å². The van der Waals surface area contributed by atoms with Gasteiger partial charge in [-0.1, -0.05) is 12.1 Å². The van der Waals surface area contributed by atoms with Crippen LogP contribution < -0.4 is 10.2 Å². The number of piperazine rings is 1. The number of nitrogens with one attached hydrogen (secondary N) is 1. The molecule has 0 radical (unpaired) electrons. The zero-order valence-electron chi connectivity index (χ0n) is 15.6. The van der Waals surface area contributed by atoms with E-state index >= 15 is 0 Å². The maximum atomic E-state index is 12.4. The lowest BCUT2D eigenvalue weighted by molar-refractivity contribution is -0.125. The predicted octanol–water partition coefficient (Wildman–Crippen LogP) is 0.952. The summed E-state index contributed by atoms with van der Waals surface area (Å²) in [7, 11) is 0. The van der Waals surface area contributed by atoms with Gasteiger partial charge < -0.3 is 25.3 Å². The highest BCUT2D eigenvalue weighted by Crippen LogP contribution is 2.26. The molecule has 2 atom stereocenters.